The molecule has 0 aliphatic rings. The van der Waals surface area contributed by atoms with Gasteiger partial charge in [-0.3, -0.25) is 0 Å². The average molecular weight is 562 g/mol. The summed E-state index contributed by atoms with van der Waals surface area (Å²) in [4.78, 5) is 15.4. The van der Waals surface area contributed by atoms with Gasteiger partial charge in [-0.05, 0) is 62.0 Å². The molecular formula is C41H27N3. The van der Waals surface area contributed by atoms with Crippen molar-refractivity contribution in [3.05, 3.63) is 164 Å². The largest absolute Gasteiger partial charge is 0.208 e. The number of fused-ring (bicyclic) bond motifs is 3. The van der Waals surface area contributed by atoms with Crippen molar-refractivity contribution < 1.29 is 0 Å². The first-order valence-corrected chi connectivity index (χ1v) is 14.8. The Morgan fingerprint density at radius 1 is 0.273 bits per heavy atom. The van der Waals surface area contributed by atoms with Crippen molar-refractivity contribution in [2.75, 3.05) is 0 Å². The Morgan fingerprint density at radius 2 is 0.705 bits per heavy atom. The molecule has 8 rings (SSSR count). The first-order valence-electron chi connectivity index (χ1n) is 14.8. The van der Waals surface area contributed by atoms with Gasteiger partial charge in [0.15, 0.2) is 17.5 Å². The molecule has 7 aromatic carbocycles. The van der Waals surface area contributed by atoms with Gasteiger partial charge in [0.05, 0.1) is 0 Å². The summed E-state index contributed by atoms with van der Waals surface area (Å²) in [5.74, 6) is 1.94. The van der Waals surface area contributed by atoms with E-state index in [9.17, 15) is 0 Å². The van der Waals surface area contributed by atoms with E-state index in [-0.39, 0.29) is 0 Å². The van der Waals surface area contributed by atoms with Crippen LogP contribution >= 0.6 is 0 Å². The second kappa shape index (κ2) is 11.0. The van der Waals surface area contributed by atoms with Crippen molar-refractivity contribution in [2.24, 2.45) is 0 Å². The monoisotopic (exact) mass is 561 g/mol. The maximum absolute atomic E-state index is 5.15. The fourth-order valence-corrected chi connectivity index (χ4v) is 5.93. The third-order valence-electron chi connectivity index (χ3n) is 8.10. The SMILES string of the molecule is c1ccc(-c2cccc(-c3nc(-c4cccc(-c5ccccc5)c4)nc(-c4cc5ccccc5c5ccccc45)n3)c2)cc1. The van der Waals surface area contributed by atoms with E-state index in [4.69, 9.17) is 15.0 Å². The second-order valence-corrected chi connectivity index (χ2v) is 10.9. The van der Waals surface area contributed by atoms with Crippen LogP contribution in [0.5, 0.6) is 0 Å². The first-order chi connectivity index (χ1) is 21.8. The number of hydrogen-bond acceptors (Lipinski definition) is 3. The van der Waals surface area contributed by atoms with Gasteiger partial charge in [0.2, 0.25) is 0 Å². The van der Waals surface area contributed by atoms with E-state index in [0.717, 1.165) is 49.7 Å². The van der Waals surface area contributed by atoms with Crippen LogP contribution in [0.3, 0.4) is 0 Å². The summed E-state index contributed by atoms with van der Waals surface area (Å²) in [5, 5.41) is 4.67. The van der Waals surface area contributed by atoms with Crippen LogP contribution in [-0.4, -0.2) is 15.0 Å². The van der Waals surface area contributed by atoms with Crippen LogP contribution in [0.2, 0.25) is 0 Å². The molecule has 3 heteroatoms. The molecule has 0 aliphatic heterocycles. The van der Waals surface area contributed by atoms with Gasteiger partial charge in [0.1, 0.15) is 0 Å². The molecular weight excluding hydrogens is 534 g/mol. The van der Waals surface area contributed by atoms with Crippen LogP contribution in [0.15, 0.2) is 164 Å². The number of benzene rings is 7. The highest BCUT2D eigenvalue weighted by Gasteiger charge is 2.16. The lowest BCUT2D eigenvalue weighted by molar-refractivity contribution is 1.08. The van der Waals surface area contributed by atoms with Crippen molar-refractivity contribution in [1.82, 2.24) is 15.0 Å². The molecule has 0 fully saturated rings. The maximum Gasteiger partial charge on any atom is 0.164 e. The molecule has 0 radical (unpaired) electrons. The third kappa shape index (κ3) is 4.81. The highest BCUT2D eigenvalue weighted by Crippen LogP contribution is 2.36. The van der Waals surface area contributed by atoms with Crippen molar-refractivity contribution in [3.63, 3.8) is 0 Å². The van der Waals surface area contributed by atoms with E-state index in [0.29, 0.717) is 17.5 Å². The lowest BCUT2D eigenvalue weighted by Gasteiger charge is -2.13. The first kappa shape index (κ1) is 25.8. The quantitative estimate of drug-likeness (QED) is 0.196. The van der Waals surface area contributed by atoms with Crippen LogP contribution < -0.4 is 0 Å². The van der Waals surface area contributed by atoms with Crippen molar-refractivity contribution in [1.29, 1.82) is 0 Å². The maximum atomic E-state index is 5.15. The Balaban J connectivity index is 1.36. The van der Waals surface area contributed by atoms with E-state index in [1.165, 1.54) is 10.8 Å². The minimum absolute atomic E-state index is 0.644. The molecule has 0 amide bonds. The Bertz CT molecular complexity index is 2170. The number of aromatic nitrogens is 3. The van der Waals surface area contributed by atoms with Crippen LogP contribution in [-0.2, 0) is 0 Å². The number of hydrogen-bond donors (Lipinski definition) is 0. The molecule has 0 N–H and O–H groups in total. The minimum Gasteiger partial charge on any atom is -0.208 e. The minimum atomic E-state index is 0.644. The van der Waals surface area contributed by atoms with Gasteiger partial charge < -0.3 is 0 Å². The smallest absolute Gasteiger partial charge is 0.164 e. The predicted molar refractivity (Wildman–Crippen MR) is 182 cm³/mol. The number of nitrogens with zero attached hydrogens (tertiary/aromatic N) is 3. The molecule has 0 aliphatic carbocycles. The summed E-state index contributed by atoms with van der Waals surface area (Å²) in [7, 11) is 0. The van der Waals surface area contributed by atoms with Crippen LogP contribution in [0.1, 0.15) is 0 Å². The zero-order valence-electron chi connectivity index (χ0n) is 23.9. The molecule has 1 heterocycles. The van der Waals surface area contributed by atoms with Crippen LogP contribution in [0.25, 0.3) is 78.0 Å². The van der Waals surface area contributed by atoms with E-state index in [1.54, 1.807) is 0 Å². The molecule has 8 aromatic rings. The molecule has 0 unspecified atom stereocenters. The molecule has 1 aromatic heterocycles. The molecule has 0 spiro atoms. The van der Waals surface area contributed by atoms with E-state index >= 15 is 0 Å². The lowest BCUT2D eigenvalue weighted by atomic mass is 9.96. The highest BCUT2D eigenvalue weighted by atomic mass is 15.0. The fraction of sp³-hybridized carbons (Fsp3) is 0. The van der Waals surface area contributed by atoms with Crippen molar-refractivity contribution in [2.45, 2.75) is 0 Å². The zero-order valence-corrected chi connectivity index (χ0v) is 23.9. The van der Waals surface area contributed by atoms with E-state index in [1.807, 2.05) is 12.1 Å². The van der Waals surface area contributed by atoms with Crippen molar-refractivity contribution in [3.8, 4) is 56.4 Å². The van der Waals surface area contributed by atoms with E-state index < -0.39 is 0 Å². The topological polar surface area (TPSA) is 38.7 Å². The van der Waals surface area contributed by atoms with Gasteiger partial charge in [0, 0.05) is 16.7 Å². The van der Waals surface area contributed by atoms with Gasteiger partial charge in [-0.1, -0.05) is 146 Å². The third-order valence-corrected chi connectivity index (χ3v) is 8.10. The zero-order chi connectivity index (χ0) is 29.3. The summed E-state index contributed by atoms with van der Waals surface area (Å²) in [6.07, 6.45) is 0. The molecule has 206 valence electrons. The van der Waals surface area contributed by atoms with Gasteiger partial charge in [-0.15, -0.1) is 0 Å². The average Bonchev–Trinajstić information content (AvgIpc) is 3.12. The second-order valence-electron chi connectivity index (χ2n) is 10.9. The summed E-state index contributed by atoms with van der Waals surface area (Å²) in [5.41, 5.74) is 7.42. The van der Waals surface area contributed by atoms with Gasteiger partial charge >= 0.3 is 0 Å². The predicted octanol–water partition coefficient (Wildman–Crippen LogP) is 10.5. The fourth-order valence-electron chi connectivity index (χ4n) is 5.93. The van der Waals surface area contributed by atoms with Crippen LogP contribution in [0.4, 0.5) is 0 Å². The Hall–Kier alpha value is -5.93. The Labute approximate surface area is 256 Å². The van der Waals surface area contributed by atoms with Crippen molar-refractivity contribution >= 4 is 21.5 Å². The van der Waals surface area contributed by atoms with Gasteiger partial charge in [-0.25, -0.2) is 15.0 Å². The van der Waals surface area contributed by atoms with E-state index in [2.05, 4.69) is 152 Å². The molecule has 0 saturated carbocycles. The Kier molecular flexibility index (Phi) is 6.47. The molecule has 0 atom stereocenters. The molecule has 0 bridgehead atoms. The number of rotatable bonds is 5. The van der Waals surface area contributed by atoms with Gasteiger partial charge in [-0.2, -0.15) is 0 Å². The summed E-state index contributed by atoms with van der Waals surface area (Å²) in [6, 6.07) is 56.9. The van der Waals surface area contributed by atoms with Gasteiger partial charge in [0.25, 0.3) is 0 Å². The summed E-state index contributed by atoms with van der Waals surface area (Å²) >= 11 is 0. The molecule has 44 heavy (non-hydrogen) atoms. The summed E-state index contributed by atoms with van der Waals surface area (Å²) < 4.78 is 0. The lowest BCUT2D eigenvalue weighted by Crippen LogP contribution is -2.01. The van der Waals surface area contributed by atoms with Crippen LogP contribution in [0, 0.1) is 0 Å². The highest BCUT2D eigenvalue weighted by molar-refractivity contribution is 6.13. The summed E-state index contributed by atoms with van der Waals surface area (Å²) in [6.45, 7) is 0. The Morgan fingerprint density at radius 3 is 1.30 bits per heavy atom. The standard InChI is InChI=1S/C41H27N3/c1-3-13-28(14-4-1)30-18-11-20-33(25-30)39-42-40(34-21-12-19-31(26-34)29-15-5-2-6-16-29)44-41(43-39)38-27-32-17-7-8-22-35(32)36-23-9-10-24-37(36)38/h1-27H. The molecule has 3 nitrogen and oxygen atoms in total. The normalized spacial score (nSPS) is 11.2. The molecule has 0 saturated heterocycles.